The van der Waals surface area contributed by atoms with Gasteiger partial charge in [-0.15, -0.1) is 5.10 Å². The van der Waals surface area contributed by atoms with Gasteiger partial charge in [-0.25, -0.2) is 18.3 Å². The molecule has 2 fully saturated rings. The Kier molecular flexibility index (Phi) is 2.53. The van der Waals surface area contributed by atoms with Crippen LogP contribution in [0.25, 0.3) is 5.65 Å². The Balaban J connectivity index is 1.68. The first-order chi connectivity index (χ1) is 11.6. The number of benzene rings is 1. The molecule has 3 heterocycles. The molecule has 1 saturated heterocycles. The van der Waals surface area contributed by atoms with Crippen LogP contribution in [0.5, 0.6) is 0 Å². The molecule has 1 aliphatic heterocycles. The molecule has 24 heavy (non-hydrogen) atoms. The number of aromatic nitrogens is 3. The van der Waals surface area contributed by atoms with E-state index in [1.54, 1.807) is 23.0 Å². The highest BCUT2D eigenvalue weighted by molar-refractivity contribution is 5.80. The van der Waals surface area contributed by atoms with Gasteiger partial charge < -0.3 is 10.6 Å². The average Bonchev–Trinajstić information content (AvgIpc) is 3.06. The Morgan fingerprint density at radius 2 is 2.17 bits per heavy atom. The molecule has 2 aliphatic rings. The summed E-state index contributed by atoms with van der Waals surface area (Å²) in [6.45, 7) is 0.717. The zero-order chi connectivity index (χ0) is 16.5. The normalized spacial score (nSPS) is 25.2. The van der Waals surface area contributed by atoms with Gasteiger partial charge in [-0.1, -0.05) is 0 Å². The van der Waals surface area contributed by atoms with Crippen LogP contribution in [0, 0.1) is 17.6 Å². The fourth-order valence-corrected chi connectivity index (χ4v) is 4.16. The van der Waals surface area contributed by atoms with Gasteiger partial charge in [0.15, 0.2) is 11.5 Å². The van der Waals surface area contributed by atoms with Gasteiger partial charge in [0.1, 0.15) is 17.3 Å². The molecule has 1 aliphatic carbocycles. The van der Waals surface area contributed by atoms with Crippen molar-refractivity contribution in [1.82, 2.24) is 14.6 Å². The Bertz CT molecular complexity index is 969. The number of nitrogens with zero attached hydrogens (tertiary/aromatic N) is 4. The molecule has 0 amide bonds. The summed E-state index contributed by atoms with van der Waals surface area (Å²) in [5.41, 5.74) is 7.15. The number of fused-ring (bicyclic) bond motifs is 2. The molecule has 2 aromatic heterocycles. The van der Waals surface area contributed by atoms with Gasteiger partial charge in [-0.05, 0) is 43.0 Å². The monoisotopic (exact) mass is 327 g/mol. The maximum atomic E-state index is 14.4. The second kappa shape index (κ2) is 4.43. The number of halogens is 2. The van der Waals surface area contributed by atoms with Crippen molar-refractivity contribution >= 4 is 17.2 Å². The second-order valence-corrected chi connectivity index (χ2v) is 6.51. The summed E-state index contributed by atoms with van der Waals surface area (Å²) in [5.74, 6) is 0.0810. The quantitative estimate of drug-likeness (QED) is 0.786. The largest absolute Gasteiger partial charge is 0.393 e. The summed E-state index contributed by atoms with van der Waals surface area (Å²) < 4.78 is 29.8. The van der Waals surface area contributed by atoms with E-state index in [-0.39, 0.29) is 5.82 Å². The van der Waals surface area contributed by atoms with Gasteiger partial charge in [0, 0.05) is 24.5 Å². The first kappa shape index (κ1) is 13.7. The first-order valence-corrected chi connectivity index (χ1v) is 7.93. The molecule has 0 bridgehead atoms. The fourth-order valence-electron chi connectivity index (χ4n) is 4.16. The molecule has 1 saturated carbocycles. The van der Waals surface area contributed by atoms with Crippen molar-refractivity contribution in [1.29, 1.82) is 0 Å². The molecule has 122 valence electrons. The third kappa shape index (κ3) is 1.61. The minimum atomic E-state index is -0.543. The lowest BCUT2D eigenvalue weighted by atomic mass is 10.0. The van der Waals surface area contributed by atoms with Crippen molar-refractivity contribution in [3.05, 3.63) is 53.9 Å². The first-order valence-electron chi connectivity index (χ1n) is 7.93. The summed E-state index contributed by atoms with van der Waals surface area (Å²) in [5, 5.41) is 4.53. The van der Waals surface area contributed by atoms with E-state index < -0.39 is 11.4 Å². The van der Waals surface area contributed by atoms with Crippen molar-refractivity contribution < 1.29 is 8.78 Å². The van der Waals surface area contributed by atoms with Crippen LogP contribution in [0.2, 0.25) is 0 Å². The van der Waals surface area contributed by atoms with Crippen LogP contribution < -0.4 is 10.6 Å². The Morgan fingerprint density at radius 1 is 1.29 bits per heavy atom. The van der Waals surface area contributed by atoms with Crippen LogP contribution in [0.4, 0.5) is 20.3 Å². The van der Waals surface area contributed by atoms with Gasteiger partial charge in [0.2, 0.25) is 0 Å². The lowest BCUT2D eigenvalue weighted by molar-refractivity contribution is 0.543. The van der Waals surface area contributed by atoms with Gasteiger partial charge in [0.05, 0.1) is 5.54 Å². The Labute approximate surface area is 136 Å². The van der Waals surface area contributed by atoms with Crippen molar-refractivity contribution in [2.75, 3.05) is 17.2 Å². The standard InChI is InChI=1S/C17H15F2N5/c18-11-2-3-13(19)12(8-11)17-9-10(17)4-7-23(17)16-14(20)15-21-5-1-6-24(15)22-16/h1-3,5-6,8,10H,4,7,9,20H2/t10-,17+/m0/s1. The third-order valence-corrected chi connectivity index (χ3v) is 5.32. The fraction of sp³-hybridized carbons (Fsp3) is 0.294. The maximum Gasteiger partial charge on any atom is 0.180 e. The van der Waals surface area contributed by atoms with Crippen LogP contribution in [0.3, 0.4) is 0 Å². The molecule has 0 radical (unpaired) electrons. The summed E-state index contributed by atoms with van der Waals surface area (Å²) in [6.07, 6.45) is 5.13. The van der Waals surface area contributed by atoms with E-state index in [0.29, 0.717) is 35.2 Å². The lowest BCUT2D eigenvalue weighted by Gasteiger charge is -2.29. The summed E-state index contributed by atoms with van der Waals surface area (Å²) in [4.78, 5) is 6.28. The van der Waals surface area contributed by atoms with Gasteiger partial charge in [-0.3, -0.25) is 0 Å². The summed E-state index contributed by atoms with van der Waals surface area (Å²) in [7, 11) is 0. The number of piperidine rings is 1. The average molecular weight is 327 g/mol. The summed E-state index contributed by atoms with van der Waals surface area (Å²) >= 11 is 0. The topological polar surface area (TPSA) is 59.5 Å². The number of hydrogen-bond donors (Lipinski definition) is 1. The zero-order valence-electron chi connectivity index (χ0n) is 12.8. The minimum Gasteiger partial charge on any atom is -0.393 e. The highest BCUT2D eigenvalue weighted by Gasteiger charge is 2.64. The van der Waals surface area contributed by atoms with E-state index in [0.717, 1.165) is 18.9 Å². The van der Waals surface area contributed by atoms with Crippen molar-refractivity contribution in [2.45, 2.75) is 18.4 Å². The van der Waals surface area contributed by atoms with Crippen molar-refractivity contribution in [2.24, 2.45) is 5.92 Å². The van der Waals surface area contributed by atoms with E-state index in [1.165, 1.54) is 12.1 Å². The van der Waals surface area contributed by atoms with Crippen LogP contribution >= 0.6 is 0 Å². The highest BCUT2D eigenvalue weighted by Crippen LogP contribution is 2.64. The zero-order valence-corrected chi connectivity index (χ0v) is 12.8. The molecule has 5 nitrogen and oxygen atoms in total. The maximum absolute atomic E-state index is 14.4. The minimum absolute atomic E-state index is 0.297. The molecule has 7 heteroatoms. The predicted molar refractivity (Wildman–Crippen MR) is 85.5 cm³/mol. The molecular weight excluding hydrogens is 312 g/mol. The second-order valence-electron chi connectivity index (χ2n) is 6.51. The van der Waals surface area contributed by atoms with Crippen LogP contribution in [-0.2, 0) is 5.54 Å². The molecule has 2 N–H and O–H groups in total. The van der Waals surface area contributed by atoms with Crippen molar-refractivity contribution in [3.8, 4) is 0 Å². The van der Waals surface area contributed by atoms with Gasteiger partial charge in [-0.2, -0.15) is 0 Å². The Hall–Kier alpha value is -2.70. The smallest absolute Gasteiger partial charge is 0.180 e. The molecule has 0 unspecified atom stereocenters. The van der Waals surface area contributed by atoms with E-state index in [1.807, 2.05) is 4.90 Å². The number of hydrogen-bond acceptors (Lipinski definition) is 4. The number of nitrogen functional groups attached to an aromatic ring is 1. The molecule has 0 spiro atoms. The SMILES string of the molecule is Nc1c(N2CC[C@H]3C[C@]32c2cc(F)ccc2F)nn2cccnc12. The van der Waals surface area contributed by atoms with E-state index in [9.17, 15) is 8.78 Å². The lowest BCUT2D eigenvalue weighted by Crippen LogP contribution is -2.34. The van der Waals surface area contributed by atoms with Gasteiger partial charge in [0.25, 0.3) is 0 Å². The third-order valence-electron chi connectivity index (χ3n) is 5.32. The number of rotatable bonds is 2. The van der Waals surface area contributed by atoms with Crippen LogP contribution in [-0.4, -0.2) is 21.1 Å². The number of anilines is 2. The molecule has 1 aromatic carbocycles. The van der Waals surface area contributed by atoms with E-state index in [4.69, 9.17) is 5.73 Å². The molecule has 2 atom stereocenters. The molecular formula is C17H15F2N5. The summed E-state index contributed by atoms with van der Waals surface area (Å²) in [6, 6.07) is 5.42. The van der Waals surface area contributed by atoms with Crippen molar-refractivity contribution in [3.63, 3.8) is 0 Å². The van der Waals surface area contributed by atoms with E-state index >= 15 is 0 Å². The van der Waals surface area contributed by atoms with E-state index in [2.05, 4.69) is 10.1 Å². The van der Waals surface area contributed by atoms with Crippen LogP contribution in [0.1, 0.15) is 18.4 Å². The van der Waals surface area contributed by atoms with Crippen LogP contribution in [0.15, 0.2) is 36.7 Å². The van der Waals surface area contributed by atoms with Gasteiger partial charge >= 0.3 is 0 Å². The predicted octanol–water partition coefficient (Wildman–Crippen LogP) is 2.72. The number of nitrogens with two attached hydrogens (primary N) is 1. The highest BCUT2D eigenvalue weighted by atomic mass is 19.1. The molecule has 3 aromatic rings. The Morgan fingerprint density at radius 3 is 2.96 bits per heavy atom. The molecule has 5 rings (SSSR count).